The SMILES string of the molecule is COc1cccc(-n2c(C=Cc3cccc([N+](=O)[O-])c3)nc3ccccc3c2=O)c1. The minimum atomic E-state index is -0.447. The quantitative estimate of drug-likeness (QED) is 0.365. The van der Waals surface area contributed by atoms with Crippen LogP contribution in [0.3, 0.4) is 0 Å². The summed E-state index contributed by atoms with van der Waals surface area (Å²) < 4.78 is 6.79. The largest absolute Gasteiger partial charge is 0.497 e. The average Bonchev–Trinajstić information content (AvgIpc) is 2.78. The molecule has 0 atom stereocenters. The number of methoxy groups -OCH3 is 1. The minimum Gasteiger partial charge on any atom is -0.497 e. The molecule has 0 aliphatic carbocycles. The number of hydrogen-bond acceptors (Lipinski definition) is 5. The summed E-state index contributed by atoms with van der Waals surface area (Å²) in [5.41, 5.74) is 1.58. The zero-order valence-electron chi connectivity index (χ0n) is 16.1. The number of para-hydroxylation sites is 1. The molecule has 0 aliphatic heterocycles. The molecule has 0 fully saturated rings. The van der Waals surface area contributed by atoms with Crippen molar-refractivity contribution in [2.24, 2.45) is 0 Å². The van der Waals surface area contributed by atoms with Crippen LogP contribution in [0.15, 0.2) is 77.6 Å². The van der Waals surface area contributed by atoms with E-state index in [1.54, 1.807) is 73.9 Å². The van der Waals surface area contributed by atoms with Crippen molar-refractivity contribution in [3.8, 4) is 11.4 Å². The standard InChI is InChI=1S/C23H17N3O4/c1-30-19-9-5-7-17(15-19)25-22(24-21-11-3-2-10-20(21)23(25)27)13-12-16-6-4-8-18(14-16)26(28)29/h2-15H,1H3. The van der Waals surface area contributed by atoms with Crippen molar-refractivity contribution in [2.45, 2.75) is 0 Å². The lowest BCUT2D eigenvalue weighted by Crippen LogP contribution is -2.22. The predicted octanol–water partition coefficient (Wildman–Crippen LogP) is 4.47. The molecule has 0 saturated carbocycles. The van der Waals surface area contributed by atoms with E-state index in [1.165, 1.54) is 16.7 Å². The maximum Gasteiger partial charge on any atom is 0.270 e. The Bertz CT molecular complexity index is 1340. The molecule has 30 heavy (non-hydrogen) atoms. The molecule has 0 amide bonds. The number of nitro benzene ring substituents is 1. The Balaban J connectivity index is 1.91. The highest BCUT2D eigenvalue weighted by atomic mass is 16.6. The van der Waals surface area contributed by atoms with E-state index in [2.05, 4.69) is 4.98 Å². The van der Waals surface area contributed by atoms with Crippen molar-refractivity contribution < 1.29 is 9.66 Å². The molecule has 7 nitrogen and oxygen atoms in total. The molecular formula is C23H17N3O4. The Morgan fingerprint density at radius 3 is 2.60 bits per heavy atom. The number of benzene rings is 3. The molecule has 0 saturated heterocycles. The van der Waals surface area contributed by atoms with Gasteiger partial charge in [-0.15, -0.1) is 0 Å². The van der Waals surface area contributed by atoms with E-state index >= 15 is 0 Å². The van der Waals surface area contributed by atoms with Crippen LogP contribution >= 0.6 is 0 Å². The Morgan fingerprint density at radius 1 is 1.00 bits per heavy atom. The summed E-state index contributed by atoms with van der Waals surface area (Å²) in [5.74, 6) is 1.01. The normalized spacial score (nSPS) is 11.1. The fourth-order valence-corrected chi connectivity index (χ4v) is 3.17. The highest BCUT2D eigenvalue weighted by Gasteiger charge is 2.12. The van der Waals surface area contributed by atoms with Crippen molar-refractivity contribution in [1.29, 1.82) is 0 Å². The van der Waals surface area contributed by atoms with Crippen molar-refractivity contribution in [3.05, 3.63) is 105 Å². The van der Waals surface area contributed by atoms with Gasteiger partial charge in [-0.3, -0.25) is 19.5 Å². The highest BCUT2D eigenvalue weighted by molar-refractivity contribution is 5.80. The van der Waals surface area contributed by atoms with Gasteiger partial charge in [-0.2, -0.15) is 0 Å². The fourth-order valence-electron chi connectivity index (χ4n) is 3.17. The van der Waals surface area contributed by atoms with Crippen LogP contribution < -0.4 is 10.3 Å². The number of nitrogens with zero attached hydrogens (tertiary/aromatic N) is 3. The molecule has 3 aromatic carbocycles. The Kier molecular flexibility index (Phi) is 5.09. The van der Waals surface area contributed by atoms with Crippen molar-refractivity contribution in [2.75, 3.05) is 7.11 Å². The van der Waals surface area contributed by atoms with E-state index in [0.29, 0.717) is 33.7 Å². The summed E-state index contributed by atoms with van der Waals surface area (Å²) >= 11 is 0. The summed E-state index contributed by atoms with van der Waals surface area (Å²) in [6, 6.07) is 20.5. The molecule has 0 aliphatic rings. The summed E-state index contributed by atoms with van der Waals surface area (Å²) in [7, 11) is 1.56. The van der Waals surface area contributed by atoms with Crippen LogP contribution in [0.2, 0.25) is 0 Å². The fraction of sp³-hybridized carbons (Fsp3) is 0.0435. The van der Waals surface area contributed by atoms with Crippen LogP contribution in [0.5, 0.6) is 5.75 Å². The van der Waals surface area contributed by atoms with Crippen LogP contribution in [0.25, 0.3) is 28.7 Å². The third kappa shape index (κ3) is 3.68. The first-order valence-corrected chi connectivity index (χ1v) is 9.15. The number of aromatic nitrogens is 2. The number of non-ortho nitro benzene ring substituents is 1. The summed E-state index contributed by atoms with van der Waals surface area (Å²) in [4.78, 5) is 28.5. The molecule has 1 aromatic heterocycles. The number of nitro groups is 1. The first kappa shape index (κ1) is 19.1. The van der Waals surface area contributed by atoms with E-state index < -0.39 is 4.92 Å². The summed E-state index contributed by atoms with van der Waals surface area (Å²) in [6.07, 6.45) is 3.37. The maximum absolute atomic E-state index is 13.3. The Labute approximate surface area is 171 Å². The molecule has 0 N–H and O–H groups in total. The van der Waals surface area contributed by atoms with Crippen LogP contribution in [-0.4, -0.2) is 21.6 Å². The van der Waals surface area contributed by atoms with Gasteiger partial charge in [0.25, 0.3) is 11.2 Å². The van der Waals surface area contributed by atoms with E-state index in [9.17, 15) is 14.9 Å². The molecule has 0 radical (unpaired) electrons. The zero-order chi connectivity index (χ0) is 21.1. The van der Waals surface area contributed by atoms with Gasteiger partial charge in [-0.25, -0.2) is 4.98 Å². The predicted molar refractivity (Wildman–Crippen MR) is 116 cm³/mol. The molecule has 4 aromatic rings. The molecule has 4 rings (SSSR count). The van der Waals surface area contributed by atoms with Crippen LogP contribution in [0, 0.1) is 10.1 Å². The summed E-state index contributed by atoms with van der Waals surface area (Å²) in [6.45, 7) is 0. The van der Waals surface area contributed by atoms with Crippen molar-refractivity contribution >= 4 is 28.7 Å². The molecule has 1 heterocycles. The lowest BCUT2D eigenvalue weighted by atomic mass is 10.2. The first-order valence-electron chi connectivity index (χ1n) is 9.15. The van der Waals surface area contributed by atoms with Crippen LogP contribution in [-0.2, 0) is 0 Å². The number of ether oxygens (including phenoxy) is 1. The average molecular weight is 399 g/mol. The first-order chi connectivity index (χ1) is 14.6. The lowest BCUT2D eigenvalue weighted by Gasteiger charge is -2.12. The van der Waals surface area contributed by atoms with Gasteiger partial charge in [0.15, 0.2) is 0 Å². The van der Waals surface area contributed by atoms with Gasteiger partial charge in [0.1, 0.15) is 11.6 Å². The second-order valence-electron chi connectivity index (χ2n) is 6.51. The third-order valence-corrected chi connectivity index (χ3v) is 4.62. The van der Waals surface area contributed by atoms with Gasteiger partial charge in [0, 0.05) is 18.2 Å². The third-order valence-electron chi connectivity index (χ3n) is 4.62. The number of hydrogen-bond donors (Lipinski definition) is 0. The minimum absolute atomic E-state index is 0.00573. The smallest absolute Gasteiger partial charge is 0.270 e. The molecular weight excluding hydrogens is 382 g/mol. The Hall–Kier alpha value is -4.26. The molecule has 7 heteroatoms. The molecule has 0 spiro atoms. The second kappa shape index (κ2) is 8.00. The maximum atomic E-state index is 13.3. The molecule has 148 valence electrons. The van der Waals surface area contributed by atoms with Gasteiger partial charge < -0.3 is 4.74 Å². The van der Waals surface area contributed by atoms with Gasteiger partial charge in [0.05, 0.1) is 28.6 Å². The molecule has 0 unspecified atom stereocenters. The van der Waals surface area contributed by atoms with E-state index in [1.807, 2.05) is 6.07 Å². The monoisotopic (exact) mass is 399 g/mol. The van der Waals surface area contributed by atoms with Crippen LogP contribution in [0.4, 0.5) is 5.69 Å². The van der Waals surface area contributed by atoms with Crippen LogP contribution in [0.1, 0.15) is 11.4 Å². The van der Waals surface area contributed by atoms with Gasteiger partial charge in [-0.05, 0) is 35.9 Å². The second-order valence-corrected chi connectivity index (χ2v) is 6.51. The van der Waals surface area contributed by atoms with Crippen molar-refractivity contribution in [1.82, 2.24) is 9.55 Å². The van der Waals surface area contributed by atoms with E-state index in [-0.39, 0.29) is 11.2 Å². The van der Waals surface area contributed by atoms with E-state index in [4.69, 9.17) is 4.74 Å². The van der Waals surface area contributed by atoms with Gasteiger partial charge in [0.2, 0.25) is 0 Å². The number of fused-ring (bicyclic) bond motifs is 1. The van der Waals surface area contributed by atoms with Crippen molar-refractivity contribution in [3.63, 3.8) is 0 Å². The van der Waals surface area contributed by atoms with Gasteiger partial charge >= 0.3 is 0 Å². The van der Waals surface area contributed by atoms with E-state index in [0.717, 1.165) is 0 Å². The number of rotatable bonds is 5. The van der Waals surface area contributed by atoms with Gasteiger partial charge in [-0.1, -0.05) is 36.4 Å². The topological polar surface area (TPSA) is 87.3 Å². The molecule has 0 bridgehead atoms. The summed E-state index contributed by atoms with van der Waals surface area (Å²) in [5, 5.41) is 11.5. The zero-order valence-corrected chi connectivity index (χ0v) is 16.1. The lowest BCUT2D eigenvalue weighted by molar-refractivity contribution is -0.384. The highest BCUT2D eigenvalue weighted by Crippen LogP contribution is 2.20. The Morgan fingerprint density at radius 2 is 1.80 bits per heavy atom.